The average molecular weight is 291 g/mol. The van der Waals surface area contributed by atoms with Gasteiger partial charge in [-0.3, -0.25) is 4.79 Å². The summed E-state index contributed by atoms with van der Waals surface area (Å²) in [7, 11) is 0. The third-order valence-electron chi connectivity index (χ3n) is 3.97. The van der Waals surface area contributed by atoms with Crippen molar-refractivity contribution in [2.75, 3.05) is 0 Å². The maximum atomic E-state index is 11.9. The lowest BCUT2D eigenvalue weighted by atomic mass is 9.95. The highest BCUT2D eigenvalue weighted by atomic mass is 16.4. The topological polar surface area (TPSA) is 66.4 Å². The lowest BCUT2D eigenvalue weighted by Crippen LogP contribution is -2.45. The molecule has 4 nitrogen and oxygen atoms in total. The summed E-state index contributed by atoms with van der Waals surface area (Å²) in [5, 5.41) is 11.8. The van der Waals surface area contributed by atoms with E-state index in [2.05, 4.69) is 12.2 Å². The van der Waals surface area contributed by atoms with Crippen LogP contribution in [-0.2, 0) is 9.59 Å². The zero-order valence-corrected chi connectivity index (χ0v) is 13.0. The van der Waals surface area contributed by atoms with Crippen LogP contribution in [0.25, 0.3) is 0 Å². The maximum absolute atomic E-state index is 11.9. The van der Waals surface area contributed by atoms with Crippen LogP contribution in [0, 0.1) is 5.92 Å². The Kier molecular flexibility index (Phi) is 6.92. The number of carbonyl (C=O) groups excluding carboxylic acids is 1. The van der Waals surface area contributed by atoms with E-state index in [-0.39, 0.29) is 17.7 Å². The fourth-order valence-corrected chi connectivity index (χ4v) is 2.22. The Hall–Kier alpha value is -1.84. The Morgan fingerprint density at radius 3 is 2.33 bits per heavy atom. The van der Waals surface area contributed by atoms with Crippen LogP contribution in [0.3, 0.4) is 0 Å². The highest BCUT2D eigenvalue weighted by molar-refractivity contribution is 5.83. The van der Waals surface area contributed by atoms with E-state index in [1.54, 1.807) is 0 Å². The highest BCUT2D eigenvalue weighted by Crippen LogP contribution is 2.20. The fourth-order valence-electron chi connectivity index (χ4n) is 2.22. The van der Waals surface area contributed by atoms with Gasteiger partial charge in [0, 0.05) is 6.42 Å². The molecule has 0 bridgehead atoms. The first-order valence-electron chi connectivity index (χ1n) is 7.52. The Labute approximate surface area is 126 Å². The van der Waals surface area contributed by atoms with E-state index in [9.17, 15) is 9.59 Å². The monoisotopic (exact) mass is 291 g/mol. The molecule has 0 saturated heterocycles. The number of benzene rings is 1. The molecule has 116 valence electrons. The Balaban J connectivity index is 2.48. The van der Waals surface area contributed by atoms with E-state index < -0.39 is 12.0 Å². The number of carbonyl (C=O) groups is 2. The van der Waals surface area contributed by atoms with Gasteiger partial charge >= 0.3 is 5.97 Å². The van der Waals surface area contributed by atoms with Crippen molar-refractivity contribution in [3.63, 3.8) is 0 Å². The van der Waals surface area contributed by atoms with Crippen molar-refractivity contribution in [3.8, 4) is 0 Å². The third kappa shape index (κ3) is 5.58. The van der Waals surface area contributed by atoms with E-state index in [1.807, 2.05) is 44.2 Å². The van der Waals surface area contributed by atoms with Gasteiger partial charge in [-0.15, -0.1) is 0 Å². The summed E-state index contributed by atoms with van der Waals surface area (Å²) < 4.78 is 0. The van der Waals surface area contributed by atoms with Crippen LogP contribution < -0.4 is 5.32 Å². The first-order valence-corrected chi connectivity index (χ1v) is 7.52. The van der Waals surface area contributed by atoms with Gasteiger partial charge in [-0.25, -0.2) is 4.79 Å². The van der Waals surface area contributed by atoms with Gasteiger partial charge in [0.1, 0.15) is 6.04 Å². The first-order chi connectivity index (χ1) is 9.95. The molecule has 1 amide bonds. The summed E-state index contributed by atoms with van der Waals surface area (Å²) in [6.45, 7) is 5.84. The van der Waals surface area contributed by atoms with Crippen LogP contribution in [-0.4, -0.2) is 23.0 Å². The molecule has 0 fully saturated rings. The van der Waals surface area contributed by atoms with Crippen molar-refractivity contribution in [3.05, 3.63) is 35.9 Å². The molecule has 0 aliphatic heterocycles. The van der Waals surface area contributed by atoms with Gasteiger partial charge in [0.25, 0.3) is 0 Å². The molecule has 0 aliphatic carbocycles. The van der Waals surface area contributed by atoms with E-state index in [1.165, 1.54) is 5.56 Å². The van der Waals surface area contributed by atoms with Crippen LogP contribution in [0.5, 0.6) is 0 Å². The molecular formula is C17H25NO3. The number of hydrogen-bond acceptors (Lipinski definition) is 2. The molecule has 21 heavy (non-hydrogen) atoms. The number of carboxylic acids is 1. The number of nitrogens with one attached hydrogen (secondary N) is 1. The molecule has 3 atom stereocenters. The van der Waals surface area contributed by atoms with E-state index in [0.29, 0.717) is 12.8 Å². The lowest BCUT2D eigenvalue weighted by molar-refractivity contribution is -0.143. The summed E-state index contributed by atoms with van der Waals surface area (Å²) in [4.78, 5) is 23.1. The van der Waals surface area contributed by atoms with Crippen molar-refractivity contribution in [2.24, 2.45) is 5.92 Å². The number of carboxylic acid groups (broad SMARTS) is 1. The second kappa shape index (κ2) is 8.45. The maximum Gasteiger partial charge on any atom is 0.326 e. The standard InChI is InChI=1S/C17H25NO3/c1-4-12(2)16(17(20)21)18-15(19)11-10-13(3)14-8-6-5-7-9-14/h5-9,12-13,16H,4,10-11H2,1-3H3,(H,18,19)(H,20,21). The fraction of sp³-hybridized carbons (Fsp3) is 0.529. The van der Waals surface area contributed by atoms with Crippen molar-refractivity contribution < 1.29 is 14.7 Å². The molecule has 0 heterocycles. The molecule has 2 N–H and O–H groups in total. The van der Waals surface area contributed by atoms with E-state index in [0.717, 1.165) is 6.42 Å². The number of hydrogen-bond donors (Lipinski definition) is 2. The predicted octanol–water partition coefficient (Wildman–Crippen LogP) is 3.19. The third-order valence-corrected chi connectivity index (χ3v) is 3.97. The van der Waals surface area contributed by atoms with Gasteiger partial charge in [-0.2, -0.15) is 0 Å². The van der Waals surface area contributed by atoms with Gasteiger partial charge in [-0.1, -0.05) is 57.5 Å². The van der Waals surface area contributed by atoms with Crippen LogP contribution in [0.4, 0.5) is 0 Å². The molecule has 4 heteroatoms. The van der Waals surface area contributed by atoms with Gasteiger partial charge in [-0.05, 0) is 23.8 Å². The van der Waals surface area contributed by atoms with Crippen LogP contribution in [0.2, 0.25) is 0 Å². The second-order valence-corrected chi connectivity index (χ2v) is 5.62. The van der Waals surface area contributed by atoms with E-state index in [4.69, 9.17) is 5.11 Å². The average Bonchev–Trinajstić information content (AvgIpc) is 2.50. The highest BCUT2D eigenvalue weighted by Gasteiger charge is 2.25. The summed E-state index contributed by atoms with van der Waals surface area (Å²) in [6.07, 6.45) is 1.77. The molecule has 3 unspecified atom stereocenters. The van der Waals surface area contributed by atoms with Crippen LogP contribution in [0.1, 0.15) is 51.5 Å². The van der Waals surface area contributed by atoms with Gasteiger partial charge < -0.3 is 10.4 Å². The van der Waals surface area contributed by atoms with Gasteiger partial charge in [0.15, 0.2) is 0 Å². The lowest BCUT2D eigenvalue weighted by Gasteiger charge is -2.20. The van der Waals surface area contributed by atoms with Crippen molar-refractivity contribution in [1.82, 2.24) is 5.32 Å². The van der Waals surface area contributed by atoms with E-state index >= 15 is 0 Å². The summed E-state index contributed by atoms with van der Waals surface area (Å²) in [5.41, 5.74) is 1.20. The van der Waals surface area contributed by atoms with Gasteiger partial charge in [0.05, 0.1) is 0 Å². The molecule has 0 aromatic heterocycles. The molecule has 1 rings (SSSR count). The van der Waals surface area contributed by atoms with Crippen LogP contribution in [0.15, 0.2) is 30.3 Å². The minimum Gasteiger partial charge on any atom is -0.480 e. The SMILES string of the molecule is CCC(C)C(NC(=O)CCC(C)c1ccccc1)C(=O)O. The zero-order valence-electron chi connectivity index (χ0n) is 13.0. The normalized spacial score (nSPS) is 15.0. The summed E-state index contributed by atoms with van der Waals surface area (Å²) >= 11 is 0. The van der Waals surface area contributed by atoms with Crippen molar-refractivity contribution in [1.29, 1.82) is 0 Å². The van der Waals surface area contributed by atoms with Crippen LogP contribution >= 0.6 is 0 Å². The van der Waals surface area contributed by atoms with Gasteiger partial charge in [0.2, 0.25) is 5.91 Å². The molecule has 1 aromatic rings. The molecule has 0 aliphatic rings. The molecule has 0 spiro atoms. The minimum atomic E-state index is -0.964. The Morgan fingerprint density at radius 1 is 1.19 bits per heavy atom. The Bertz CT molecular complexity index is 458. The number of amides is 1. The second-order valence-electron chi connectivity index (χ2n) is 5.62. The van der Waals surface area contributed by atoms with Crippen molar-refractivity contribution in [2.45, 2.75) is 52.0 Å². The molecule has 0 radical (unpaired) electrons. The largest absolute Gasteiger partial charge is 0.480 e. The number of rotatable bonds is 8. The van der Waals surface area contributed by atoms with Crippen molar-refractivity contribution >= 4 is 11.9 Å². The zero-order chi connectivity index (χ0) is 15.8. The quantitative estimate of drug-likeness (QED) is 0.773. The molecule has 1 aromatic carbocycles. The molecule has 0 saturated carbocycles. The Morgan fingerprint density at radius 2 is 1.81 bits per heavy atom. The summed E-state index contributed by atoms with van der Waals surface area (Å²) in [6, 6.07) is 9.22. The summed E-state index contributed by atoms with van der Waals surface area (Å²) in [5.74, 6) is -0.943. The predicted molar refractivity (Wildman–Crippen MR) is 83.1 cm³/mol. The number of aliphatic carboxylic acids is 1. The minimum absolute atomic E-state index is 0.0713. The molecular weight excluding hydrogens is 266 g/mol. The smallest absolute Gasteiger partial charge is 0.326 e. The first kappa shape index (κ1) is 17.2.